The second kappa shape index (κ2) is 7.86. The maximum absolute atomic E-state index is 12.8. The van der Waals surface area contributed by atoms with Crippen LogP contribution in [-0.4, -0.2) is 56.3 Å². The molecule has 2 aliphatic rings. The van der Waals surface area contributed by atoms with Crippen LogP contribution in [0.25, 0.3) is 10.8 Å². The highest BCUT2D eigenvalue weighted by Crippen LogP contribution is 2.42. The van der Waals surface area contributed by atoms with Gasteiger partial charge in [0, 0.05) is 48.2 Å². The van der Waals surface area contributed by atoms with E-state index in [1.54, 1.807) is 6.07 Å². The minimum atomic E-state index is -4.29. The SMILES string of the molecule is CCCN1CCCN(c2ccc3c4c(cccc24)C(=O)N3CCC(F)(F)F)CC1. The Hall–Kier alpha value is -2.28. The lowest BCUT2D eigenvalue weighted by Gasteiger charge is -2.26. The van der Waals surface area contributed by atoms with Crippen LogP contribution in [0, 0.1) is 0 Å². The van der Waals surface area contributed by atoms with E-state index in [4.69, 9.17) is 0 Å². The van der Waals surface area contributed by atoms with Gasteiger partial charge in [-0.3, -0.25) is 4.79 Å². The molecule has 0 bridgehead atoms. The number of nitrogens with zero attached hydrogens (tertiary/aromatic N) is 3. The molecule has 0 atom stereocenters. The fourth-order valence-corrected chi connectivity index (χ4v) is 4.52. The summed E-state index contributed by atoms with van der Waals surface area (Å²) in [6.07, 6.45) is -3.09. The summed E-state index contributed by atoms with van der Waals surface area (Å²) in [6, 6.07) is 9.31. The Labute approximate surface area is 168 Å². The molecule has 0 aliphatic carbocycles. The molecule has 1 saturated heterocycles. The van der Waals surface area contributed by atoms with Crippen LogP contribution in [0.5, 0.6) is 0 Å². The predicted molar refractivity (Wildman–Crippen MR) is 110 cm³/mol. The van der Waals surface area contributed by atoms with E-state index in [9.17, 15) is 18.0 Å². The van der Waals surface area contributed by atoms with Gasteiger partial charge < -0.3 is 14.7 Å². The molecule has 0 N–H and O–H groups in total. The summed E-state index contributed by atoms with van der Waals surface area (Å²) in [5.74, 6) is -0.336. The Kier molecular flexibility index (Phi) is 5.42. The van der Waals surface area contributed by atoms with Crippen molar-refractivity contribution in [1.82, 2.24) is 4.90 Å². The van der Waals surface area contributed by atoms with Gasteiger partial charge in [0.1, 0.15) is 0 Å². The van der Waals surface area contributed by atoms with Crippen molar-refractivity contribution in [3.8, 4) is 0 Å². The molecule has 1 amide bonds. The molecular formula is C22H26F3N3O. The van der Waals surface area contributed by atoms with Gasteiger partial charge in [-0.05, 0) is 44.1 Å². The molecule has 2 aromatic rings. The van der Waals surface area contributed by atoms with Gasteiger partial charge in [0.15, 0.2) is 0 Å². The quantitative estimate of drug-likeness (QED) is 0.723. The Morgan fingerprint density at radius 3 is 2.52 bits per heavy atom. The van der Waals surface area contributed by atoms with Gasteiger partial charge in [-0.25, -0.2) is 0 Å². The summed E-state index contributed by atoms with van der Waals surface area (Å²) in [7, 11) is 0. The van der Waals surface area contributed by atoms with Gasteiger partial charge in [0.05, 0.1) is 12.1 Å². The van der Waals surface area contributed by atoms with E-state index in [0.29, 0.717) is 11.3 Å². The first-order valence-corrected chi connectivity index (χ1v) is 10.3. The number of rotatable bonds is 5. The Bertz CT molecular complexity index is 912. The molecule has 0 unspecified atom stereocenters. The van der Waals surface area contributed by atoms with Crippen LogP contribution < -0.4 is 9.80 Å². The number of hydrogen-bond donors (Lipinski definition) is 0. The summed E-state index contributed by atoms with van der Waals surface area (Å²) in [6.45, 7) is 6.85. The smallest absolute Gasteiger partial charge is 0.370 e. The summed E-state index contributed by atoms with van der Waals surface area (Å²) in [4.78, 5) is 18.9. The van der Waals surface area contributed by atoms with Crippen LogP contribution in [0.2, 0.25) is 0 Å². The molecule has 0 radical (unpaired) electrons. The molecule has 0 spiro atoms. The lowest BCUT2D eigenvalue weighted by Crippen LogP contribution is -2.31. The lowest BCUT2D eigenvalue weighted by molar-refractivity contribution is -0.132. The van der Waals surface area contributed by atoms with E-state index in [-0.39, 0.29) is 12.5 Å². The molecule has 0 aromatic heterocycles. The van der Waals surface area contributed by atoms with Crippen molar-refractivity contribution in [2.75, 3.05) is 49.1 Å². The highest BCUT2D eigenvalue weighted by atomic mass is 19.4. The summed E-state index contributed by atoms with van der Waals surface area (Å²) in [5, 5.41) is 1.73. The fourth-order valence-electron chi connectivity index (χ4n) is 4.52. The summed E-state index contributed by atoms with van der Waals surface area (Å²) >= 11 is 0. The zero-order valence-electron chi connectivity index (χ0n) is 16.6. The van der Waals surface area contributed by atoms with E-state index in [2.05, 4.69) is 16.7 Å². The fraction of sp³-hybridized carbons (Fsp3) is 0.500. The van der Waals surface area contributed by atoms with Crippen LogP contribution in [-0.2, 0) is 0 Å². The topological polar surface area (TPSA) is 26.8 Å². The zero-order chi connectivity index (χ0) is 20.6. The second-order valence-corrected chi connectivity index (χ2v) is 7.84. The number of anilines is 2. The van der Waals surface area contributed by atoms with Crippen molar-refractivity contribution in [1.29, 1.82) is 0 Å². The standard InChI is InChI=1S/C22H26F3N3O/c1-2-10-26-11-4-12-27(15-14-26)18-7-8-19-20-16(18)5-3-6-17(20)21(29)28(19)13-9-22(23,24)25/h3,5-8H,2,4,9-15H2,1H3. The predicted octanol–water partition coefficient (Wildman–Crippen LogP) is 4.67. The van der Waals surface area contributed by atoms with Gasteiger partial charge in [0.25, 0.3) is 5.91 Å². The molecular weight excluding hydrogens is 379 g/mol. The third-order valence-corrected chi connectivity index (χ3v) is 5.85. The van der Waals surface area contributed by atoms with E-state index < -0.39 is 12.6 Å². The zero-order valence-corrected chi connectivity index (χ0v) is 16.6. The monoisotopic (exact) mass is 405 g/mol. The summed E-state index contributed by atoms with van der Waals surface area (Å²) < 4.78 is 38.2. The van der Waals surface area contributed by atoms with Gasteiger partial charge in [-0.1, -0.05) is 19.1 Å². The molecule has 1 fully saturated rings. The number of carbonyl (C=O) groups is 1. The third-order valence-electron chi connectivity index (χ3n) is 5.85. The minimum absolute atomic E-state index is 0.336. The third kappa shape index (κ3) is 3.92. The van der Waals surface area contributed by atoms with Crippen LogP contribution >= 0.6 is 0 Å². The van der Waals surface area contributed by atoms with Crippen molar-refractivity contribution >= 4 is 28.1 Å². The van der Waals surface area contributed by atoms with E-state index >= 15 is 0 Å². The largest absolute Gasteiger partial charge is 0.390 e. The highest BCUT2D eigenvalue weighted by Gasteiger charge is 2.35. The molecule has 7 heteroatoms. The molecule has 4 nitrogen and oxygen atoms in total. The summed E-state index contributed by atoms with van der Waals surface area (Å²) in [5.41, 5.74) is 2.16. The number of benzene rings is 2. The maximum atomic E-state index is 12.8. The Morgan fingerprint density at radius 1 is 0.966 bits per heavy atom. The number of alkyl halides is 3. The first-order valence-electron chi connectivity index (χ1n) is 10.3. The van der Waals surface area contributed by atoms with Gasteiger partial charge in [0.2, 0.25) is 0 Å². The van der Waals surface area contributed by atoms with Crippen LogP contribution in [0.3, 0.4) is 0 Å². The number of amides is 1. The number of halogens is 3. The van der Waals surface area contributed by atoms with Gasteiger partial charge in [-0.15, -0.1) is 0 Å². The van der Waals surface area contributed by atoms with E-state index in [1.807, 2.05) is 24.3 Å². The molecule has 2 aliphatic heterocycles. The molecule has 0 saturated carbocycles. The number of carbonyl (C=O) groups excluding carboxylic acids is 1. The minimum Gasteiger partial charge on any atom is -0.370 e. The van der Waals surface area contributed by atoms with Crippen LogP contribution in [0.15, 0.2) is 30.3 Å². The van der Waals surface area contributed by atoms with E-state index in [0.717, 1.165) is 62.0 Å². The molecule has 4 rings (SSSR count). The average molecular weight is 405 g/mol. The molecule has 2 heterocycles. The second-order valence-electron chi connectivity index (χ2n) is 7.84. The van der Waals surface area contributed by atoms with Crippen LogP contribution in [0.1, 0.15) is 36.5 Å². The molecule has 156 valence electrons. The van der Waals surface area contributed by atoms with E-state index in [1.165, 1.54) is 4.90 Å². The molecule has 2 aromatic carbocycles. The van der Waals surface area contributed by atoms with Crippen molar-refractivity contribution in [2.45, 2.75) is 32.4 Å². The average Bonchev–Trinajstić information content (AvgIpc) is 2.82. The number of hydrogen-bond acceptors (Lipinski definition) is 3. The normalized spacial score (nSPS) is 18.0. The van der Waals surface area contributed by atoms with Crippen molar-refractivity contribution in [2.24, 2.45) is 0 Å². The van der Waals surface area contributed by atoms with Gasteiger partial charge >= 0.3 is 6.18 Å². The Balaban J connectivity index is 1.66. The first-order chi connectivity index (χ1) is 13.9. The van der Waals surface area contributed by atoms with Crippen molar-refractivity contribution in [3.63, 3.8) is 0 Å². The molecule has 29 heavy (non-hydrogen) atoms. The lowest BCUT2D eigenvalue weighted by atomic mass is 10.0. The maximum Gasteiger partial charge on any atom is 0.390 e. The Morgan fingerprint density at radius 2 is 1.76 bits per heavy atom. The van der Waals surface area contributed by atoms with Crippen molar-refractivity contribution in [3.05, 3.63) is 35.9 Å². The highest BCUT2D eigenvalue weighted by molar-refractivity contribution is 6.26. The first kappa shape index (κ1) is 20.0. The van der Waals surface area contributed by atoms with Gasteiger partial charge in [-0.2, -0.15) is 13.2 Å². The van der Waals surface area contributed by atoms with Crippen LogP contribution in [0.4, 0.5) is 24.5 Å². The van der Waals surface area contributed by atoms with Crippen molar-refractivity contribution < 1.29 is 18.0 Å².